The fourth-order valence-corrected chi connectivity index (χ4v) is 8.90. The molecule has 10 aromatic rings. The van der Waals surface area contributed by atoms with E-state index in [2.05, 4.69) is 193 Å². The van der Waals surface area contributed by atoms with Gasteiger partial charge in [-0.15, -0.1) is 0 Å². The average Bonchev–Trinajstić information content (AvgIpc) is 3.81. The highest BCUT2D eigenvalue weighted by Gasteiger charge is 2.36. The van der Waals surface area contributed by atoms with Crippen molar-refractivity contribution in [3.8, 4) is 16.8 Å². The molecule has 246 valence electrons. The highest BCUT2D eigenvalue weighted by Crippen LogP contribution is 2.52. The lowest BCUT2D eigenvalue weighted by atomic mass is 9.82. The van der Waals surface area contributed by atoms with Crippen LogP contribution in [0.25, 0.3) is 71.3 Å². The zero-order valence-electron chi connectivity index (χ0n) is 29.0. The van der Waals surface area contributed by atoms with E-state index in [1.54, 1.807) is 0 Å². The molecule has 0 N–H and O–H groups in total. The Kier molecular flexibility index (Phi) is 6.01. The molecule has 0 saturated carbocycles. The maximum Gasteiger partial charge on any atom is 0.159 e. The molecule has 3 heteroatoms. The summed E-state index contributed by atoms with van der Waals surface area (Å²) >= 11 is 0. The number of hydrogen-bond donors (Lipinski definition) is 0. The van der Waals surface area contributed by atoms with Gasteiger partial charge < -0.3 is 13.9 Å². The van der Waals surface area contributed by atoms with Gasteiger partial charge >= 0.3 is 0 Å². The number of hydrogen-bond acceptors (Lipinski definition) is 2. The summed E-state index contributed by atoms with van der Waals surface area (Å²) in [6.07, 6.45) is 0. The van der Waals surface area contributed by atoms with Crippen LogP contribution in [0.15, 0.2) is 174 Å². The van der Waals surface area contributed by atoms with Crippen molar-refractivity contribution in [3.63, 3.8) is 0 Å². The highest BCUT2D eigenvalue weighted by molar-refractivity contribution is 6.18. The van der Waals surface area contributed by atoms with Crippen LogP contribution in [0.1, 0.15) is 25.0 Å². The summed E-state index contributed by atoms with van der Waals surface area (Å²) in [6.45, 7) is 4.70. The number of nitrogens with zero attached hydrogens (tertiary/aromatic N) is 2. The van der Waals surface area contributed by atoms with Crippen LogP contribution in [0.5, 0.6) is 0 Å². The summed E-state index contributed by atoms with van der Waals surface area (Å²) in [5.74, 6) is 0. The molecule has 8 aromatic carbocycles. The second kappa shape index (κ2) is 10.7. The summed E-state index contributed by atoms with van der Waals surface area (Å²) in [4.78, 5) is 2.40. The van der Waals surface area contributed by atoms with E-state index in [0.29, 0.717) is 0 Å². The molecular weight excluding hydrogens is 633 g/mol. The van der Waals surface area contributed by atoms with Crippen LogP contribution in [0.4, 0.5) is 17.1 Å². The smallest absolute Gasteiger partial charge is 0.159 e. The van der Waals surface area contributed by atoms with Crippen molar-refractivity contribution in [1.29, 1.82) is 0 Å². The van der Waals surface area contributed by atoms with Gasteiger partial charge in [0.15, 0.2) is 5.58 Å². The topological polar surface area (TPSA) is 21.3 Å². The maximum atomic E-state index is 6.99. The molecule has 0 spiro atoms. The van der Waals surface area contributed by atoms with Crippen molar-refractivity contribution in [3.05, 3.63) is 181 Å². The lowest BCUT2D eigenvalue weighted by Gasteiger charge is -2.28. The Hall–Kier alpha value is -6.58. The Balaban J connectivity index is 1.21. The maximum absolute atomic E-state index is 6.99. The van der Waals surface area contributed by atoms with Crippen LogP contribution in [0, 0.1) is 0 Å². The van der Waals surface area contributed by atoms with Gasteiger partial charge in [-0.3, -0.25) is 0 Å². The lowest BCUT2D eigenvalue weighted by molar-refractivity contribution is 0.660. The number of benzene rings is 8. The van der Waals surface area contributed by atoms with Gasteiger partial charge in [0.25, 0.3) is 0 Å². The van der Waals surface area contributed by atoms with Gasteiger partial charge in [-0.2, -0.15) is 0 Å². The molecular formula is C49H34N2O. The normalized spacial score (nSPS) is 13.3. The van der Waals surface area contributed by atoms with E-state index in [1.165, 1.54) is 43.9 Å². The molecule has 2 aromatic heterocycles. The van der Waals surface area contributed by atoms with E-state index in [0.717, 1.165) is 55.6 Å². The molecule has 1 aliphatic carbocycles. The van der Waals surface area contributed by atoms with Crippen molar-refractivity contribution in [2.75, 3.05) is 4.90 Å². The van der Waals surface area contributed by atoms with Gasteiger partial charge in [-0.25, -0.2) is 0 Å². The number of anilines is 3. The lowest BCUT2D eigenvalue weighted by Crippen LogP contribution is -2.16. The van der Waals surface area contributed by atoms with Gasteiger partial charge in [0, 0.05) is 49.4 Å². The summed E-state index contributed by atoms with van der Waals surface area (Å²) in [5.41, 5.74) is 13.6. The molecule has 0 amide bonds. The average molecular weight is 667 g/mol. The van der Waals surface area contributed by atoms with Crippen LogP contribution < -0.4 is 4.90 Å². The third-order valence-electron chi connectivity index (χ3n) is 11.4. The molecule has 0 radical (unpaired) electrons. The molecule has 0 unspecified atom stereocenters. The number of aromatic nitrogens is 1. The van der Waals surface area contributed by atoms with Crippen molar-refractivity contribution in [2.45, 2.75) is 19.3 Å². The third-order valence-corrected chi connectivity index (χ3v) is 11.4. The van der Waals surface area contributed by atoms with Crippen molar-refractivity contribution < 1.29 is 4.42 Å². The molecule has 0 bridgehead atoms. The van der Waals surface area contributed by atoms with Crippen molar-refractivity contribution in [2.24, 2.45) is 0 Å². The van der Waals surface area contributed by atoms with Crippen molar-refractivity contribution in [1.82, 2.24) is 4.57 Å². The number of furan rings is 1. The van der Waals surface area contributed by atoms with Gasteiger partial charge in [0.1, 0.15) is 5.58 Å². The number of fused-ring (bicyclic) bond motifs is 11. The molecule has 1 aliphatic rings. The van der Waals surface area contributed by atoms with E-state index < -0.39 is 0 Å². The van der Waals surface area contributed by atoms with Crippen LogP contribution in [0.2, 0.25) is 0 Å². The molecule has 0 aliphatic heterocycles. The largest absolute Gasteiger partial charge is 0.453 e. The first-order valence-electron chi connectivity index (χ1n) is 18.0. The van der Waals surface area contributed by atoms with Gasteiger partial charge in [0.2, 0.25) is 0 Å². The minimum atomic E-state index is -0.137. The summed E-state index contributed by atoms with van der Waals surface area (Å²) < 4.78 is 9.38. The first-order chi connectivity index (χ1) is 25.6. The van der Waals surface area contributed by atoms with E-state index in [4.69, 9.17) is 4.42 Å². The first-order valence-corrected chi connectivity index (χ1v) is 18.0. The summed E-state index contributed by atoms with van der Waals surface area (Å²) in [7, 11) is 0. The standard InChI is InChI=1S/C49H34N2O/c1-49(2)42-20-10-8-17-36(42)37-27-24-33(29-43(37)49)50(45-22-12-19-40-41-26-23-31-13-6-7-16-35(31)47(41)52-48(40)45)34-25-28-39-38-18-9-11-21-44(38)51(46(39)30-34)32-14-4-3-5-15-32/h3-30H,1-2H3. The predicted molar refractivity (Wildman–Crippen MR) is 218 cm³/mol. The second-order valence-corrected chi connectivity index (χ2v) is 14.5. The molecule has 0 atom stereocenters. The van der Waals surface area contributed by atoms with Crippen LogP contribution in [-0.4, -0.2) is 4.57 Å². The Morgan fingerprint density at radius 2 is 1.12 bits per heavy atom. The molecule has 3 nitrogen and oxygen atoms in total. The minimum absolute atomic E-state index is 0.137. The van der Waals surface area contributed by atoms with Gasteiger partial charge in [-0.05, 0) is 82.2 Å². The zero-order chi connectivity index (χ0) is 34.6. The molecule has 2 heterocycles. The van der Waals surface area contributed by atoms with Crippen LogP contribution >= 0.6 is 0 Å². The SMILES string of the molecule is CC1(C)c2ccccc2-c2ccc(N(c3ccc4c5ccccc5n(-c5ccccc5)c4c3)c3cccc4c3oc3c5ccccc5ccc43)cc21. The van der Waals surface area contributed by atoms with Gasteiger partial charge in [0.05, 0.1) is 16.7 Å². The predicted octanol–water partition coefficient (Wildman–Crippen LogP) is 13.6. The Morgan fingerprint density at radius 3 is 2.02 bits per heavy atom. The van der Waals surface area contributed by atoms with Crippen molar-refractivity contribution >= 4 is 71.6 Å². The van der Waals surface area contributed by atoms with Gasteiger partial charge in [-0.1, -0.05) is 129 Å². The van der Waals surface area contributed by atoms with E-state index >= 15 is 0 Å². The number of para-hydroxylation sites is 3. The monoisotopic (exact) mass is 666 g/mol. The van der Waals surface area contributed by atoms with Crippen LogP contribution in [-0.2, 0) is 5.41 Å². The molecule has 52 heavy (non-hydrogen) atoms. The Bertz CT molecular complexity index is 3050. The Morgan fingerprint density at radius 1 is 0.462 bits per heavy atom. The highest BCUT2D eigenvalue weighted by atomic mass is 16.3. The zero-order valence-corrected chi connectivity index (χ0v) is 29.0. The van der Waals surface area contributed by atoms with E-state index in [9.17, 15) is 0 Å². The fourth-order valence-electron chi connectivity index (χ4n) is 8.90. The summed E-state index contributed by atoms with van der Waals surface area (Å²) in [6, 6.07) is 61.6. The molecule has 11 rings (SSSR count). The minimum Gasteiger partial charge on any atom is -0.453 e. The van der Waals surface area contributed by atoms with E-state index in [1.807, 2.05) is 0 Å². The Labute approximate surface area is 301 Å². The summed E-state index contributed by atoms with van der Waals surface area (Å²) in [5, 5.41) is 6.99. The second-order valence-electron chi connectivity index (χ2n) is 14.5. The molecule has 0 saturated heterocycles. The van der Waals surface area contributed by atoms with Crippen LogP contribution in [0.3, 0.4) is 0 Å². The fraction of sp³-hybridized carbons (Fsp3) is 0.0612. The third kappa shape index (κ3) is 4.02. The molecule has 0 fully saturated rings. The first kappa shape index (κ1) is 29.2. The quantitative estimate of drug-likeness (QED) is 0.186. The number of rotatable bonds is 4. The van der Waals surface area contributed by atoms with E-state index in [-0.39, 0.29) is 5.41 Å².